The number of allylic oxidation sites excluding steroid dienone is 1. The third-order valence-corrected chi connectivity index (χ3v) is 4.16. The van der Waals surface area contributed by atoms with E-state index in [4.69, 9.17) is 4.74 Å². The molecule has 2 aromatic carbocycles. The predicted octanol–water partition coefficient (Wildman–Crippen LogP) is 3.17. The lowest BCUT2D eigenvalue weighted by Gasteiger charge is -2.09. The summed E-state index contributed by atoms with van der Waals surface area (Å²) in [7, 11) is 1.45. The average Bonchev–Trinajstić information content (AvgIpc) is 2.70. The first kappa shape index (κ1) is 21.7. The van der Waals surface area contributed by atoms with E-state index < -0.39 is 11.8 Å². The van der Waals surface area contributed by atoms with Crippen LogP contribution in [0.25, 0.3) is 0 Å². The van der Waals surface area contributed by atoms with Crippen LogP contribution in [0.4, 0.5) is 5.69 Å². The minimum absolute atomic E-state index is 0.0395. The number of aryl methyl sites for hydroxylation is 1. The third-order valence-electron chi connectivity index (χ3n) is 4.16. The number of benzene rings is 2. The molecule has 0 aliphatic rings. The number of rotatable bonds is 9. The van der Waals surface area contributed by atoms with Crippen molar-refractivity contribution in [1.29, 1.82) is 0 Å². The topological polar surface area (TPSA) is 100 Å². The fourth-order valence-corrected chi connectivity index (χ4v) is 2.74. The number of hydrogen-bond donors (Lipinski definition) is 3. The SMILES string of the molecule is C=CCc1cc(/C=N/NC(=O)CC(=O)Nc2ccccc2CC)cc(OC)c1O. The highest BCUT2D eigenvalue weighted by molar-refractivity contribution is 6.04. The summed E-state index contributed by atoms with van der Waals surface area (Å²) in [4.78, 5) is 24.1. The van der Waals surface area contributed by atoms with Gasteiger partial charge in [-0.1, -0.05) is 31.2 Å². The number of hydrazone groups is 1. The molecule has 0 atom stereocenters. The number of amides is 2. The lowest BCUT2D eigenvalue weighted by atomic mass is 10.1. The van der Waals surface area contributed by atoms with Crippen molar-refractivity contribution in [2.45, 2.75) is 26.2 Å². The van der Waals surface area contributed by atoms with Gasteiger partial charge in [-0.25, -0.2) is 5.43 Å². The van der Waals surface area contributed by atoms with E-state index >= 15 is 0 Å². The number of nitrogens with zero attached hydrogens (tertiary/aromatic N) is 1. The second-order valence-corrected chi connectivity index (χ2v) is 6.25. The number of phenols is 1. The van der Waals surface area contributed by atoms with Crippen LogP contribution in [0.2, 0.25) is 0 Å². The molecule has 29 heavy (non-hydrogen) atoms. The minimum atomic E-state index is -0.537. The summed E-state index contributed by atoms with van der Waals surface area (Å²) in [6.45, 7) is 5.65. The van der Waals surface area contributed by atoms with Gasteiger partial charge in [0, 0.05) is 11.3 Å². The zero-order valence-electron chi connectivity index (χ0n) is 16.6. The van der Waals surface area contributed by atoms with E-state index in [9.17, 15) is 14.7 Å². The first-order valence-corrected chi connectivity index (χ1v) is 9.18. The zero-order chi connectivity index (χ0) is 21.2. The molecule has 0 radical (unpaired) electrons. The monoisotopic (exact) mass is 395 g/mol. The van der Waals surface area contributed by atoms with E-state index in [0.717, 1.165) is 12.0 Å². The molecule has 0 aromatic heterocycles. The normalized spacial score (nSPS) is 10.6. The summed E-state index contributed by atoms with van der Waals surface area (Å²) in [5, 5.41) is 16.7. The lowest BCUT2D eigenvalue weighted by Crippen LogP contribution is -2.25. The van der Waals surface area contributed by atoms with E-state index in [2.05, 4.69) is 22.4 Å². The van der Waals surface area contributed by atoms with Gasteiger partial charge in [0.2, 0.25) is 11.8 Å². The second kappa shape index (κ2) is 10.7. The van der Waals surface area contributed by atoms with Crippen LogP contribution in [0.1, 0.15) is 30.0 Å². The highest BCUT2D eigenvalue weighted by Gasteiger charge is 2.11. The van der Waals surface area contributed by atoms with Crippen LogP contribution in [-0.2, 0) is 22.4 Å². The minimum Gasteiger partial charge on any atom is -0.504 e. The lowest BCUT2D eigenvalue weighted by molar-refractivity contribution is -0.126. The van der Waals surface area contributed by atoms with Gasteiger partial charge in [-0.05, 0) is 42.2 Å². The Kier molecular flexibility index (Phi) is 7.97. The zero-order valence-corrected chi connectivity index (χ0v) is 16.6. The third kappa shape index (κ3) is 6.21. The average molecular weight is 395 g/mol. The highest BCUT2D eigenvalue weighted by atomic mass is 16.5. The van der Waals surface area contributed by atoms with Gasteiger partial charge in [-0.2, -0.15) is 5.10 Å². The molecule has 0 aliphatic carbocycles. The molecule has 2 aromatic rings. The number of phenolic OH excluding ortho intramolecular Hbond substituents is 1. The first-order valence-electron chi connectivity index (χ1n) is 9.18. The van der Waals surface area contributed by atoms with Crippen molar-refractivity contribution >= 4 is 23.7 Å². The van der Waals surface area contributed by atoms with Gasteiger partial charge in [0.25, 0.3) is 0 Å². The van der Waals surface area contributed by atoms with Crippen LogP contribution in [0.3, 0.4) is 0 Å². The largest absolute Gasteiger partial charge is 0.504 e. The summed E-state index contributed by atoms with van der Waals surface area (Å²) in [5.41, 5.74) is 5.27. The number of nitrogens with one attached hydrogen (secondary N) is 2. The fraction of sp³-hybridized carbons (Fsp3) is 0.227. The van der Waals surface area contributed by atoms with Crippen molar-refractivity contribution in [3.63, 3.8) is 0 Å². The number of anilines is 1. The highest BCUT2D eigenvalue weighted by Crippen LogP contribution is 2.31. The van der Waals surface area contributed by atoms with Gasteiger partial charge < -0.3 is 15.2 Å². The molecule has 0 saturated heterocycles. The first-order chi connectivity index (χ1) is 14.0. The molecule has 7 heteroatoms. The van der Waals surface area contributed by atoms with E-state index in [0.29, 0.717) is 29.0 Å². The number of carbonyl (C=O) groups is 2. The molecule has 7 nitrogen and oxygen atoms in total. The molecule has 0 bridgehead atoms. The molecule has 0 spiro atoms. The van der Waals surface area contributed by atoms with Crippen molar-refractivity contribution in [3.8, 4) is 11.5 Å². The number of aromatic hydroxyl groups is 1. The molecule has 0 heterocycles. The second-order valence-electron chi connectivity index (χ2n) is 6.25. The maximum absolute atomic E-state index is 12.1. The number of hydrogen-bond acceptors (Lipinski definition) is 5. The van der Waals surface area contributed by atoms with Gasteiger partial charge in [0.05, 0.1) is 13.3 Å². The Morgan fingerprint density at radius 1 is 1.21 bits per heavy atom. The predicted molar refractivity (Wildman–Crippen MR) is 113 cm³/mol. The van der Waals surface area contributed by atoms with Gasteiger partial charge in [-0.15, -0.1) is 6.58 Å². The molecule has 0 fully saturated rings. The smallest absolute Gasteiger partial charge is 0.249 e. The van der Waals surface area contributed by atoms with Crippen LogP contribution >= 0.6 is 0 Å². The Morgan fingerprint density at radius 2 is 1.97 bits per heavy atom. The summed E-state index contributed by atoms with van der Waals surface area (Å²) in [6.07, 6.45) is 3.95. The van der Waals surface area contributed by atoms with Gasteiger partial charge in [-0.3, -0.25) is 9.59 Å². The molecule has 0 aliphatic heterocycles. The number of carbonyl (C=O) groups excluding carboxylic acids is 2. The summed E-state index contributed by atoms with van der Waals surface area (Å²) >= 11 is 0. The van der Waals surface area contributed by atoms with Crippen molar-refractivity contribution < 1.29 is 19.4 Å². The Morgan fingerprint density at radius 3 is 2.66 bits per heavy atom. The van der Waals surface area contributed by atoms with Gasteiger partial charge in [0.15, 0.2) is 11.5 Å². The molecule has 2 amide bonds. The Balaban J connectivity index is 1.96. The van der Waals surface area contributed by atoms with Crippen molar-refractivity contribution in [2.24, 2.45) is 5.10 Å². The number of para-hydroxylation sites is 1. The quantitative estimate of drug-likeness (QED) is 0.263. The standard InChI is InChI=1S/C22H25N3O4/c1-4-8-17-11-15(12-19(29-3)22(17)28)14-23-25-21(27)13-20(26)24-18-10-7-6-9-16(18)5-2/h4,6-7,9-12,14,28H,1,5,8,13H2,2-3H3,(H,24,26)(H,25,27)/b23-14+. The van der Waals surface area contributed by atoms with Crippen LogP contribution in [0.15, 0.2) is 54.2 Å². The molecule has 3 N–H and O–H groups in total. The van der Waals surface area contributed by atoms with Crippen molar-refractivity contribution in [3.05, 3.63) is 65.7 Å². The molecular weight excluding hydrogens is 370 g/mol. The Bertz CT molecular complexity index is 922. The van der Waals surface area contributed by atoms with Crippen LogP contribution in [-0.4, -0.2) is 30.2 Å². The summed E-state index contributed by atoms with van der Waals surface area (Å²) in [5.74, 6) is -0.619. The number of methoxy groups -OCH3 is 1. The van der Waals surface area contributed by atoms with Gasteiger partial charge in [0.1, 0.15) is 6.42 Å². The molecule has 152 valence electrons. The van der Waals surface area contributed by atoms with Crippen molar-refractivity contribution in [2.75, 3.05) is 12.4 Å². The fourth-order valence-electron chi connectivity index (χ4n) is 2.74. The van der Waals surface area contributed by atoms with Crippen molar-refractivity contribution in [1.82, 2.24) is 5.43 Å². The van der Waals surface area contributed by atoms with E-state index in [1.807, 2.05) is 25.1 Å². The van der Waals surface area contributed by atoms with Crippen LogP contribution < -0.4 is 15.5 Å². The van der Waals surface area contributed by atoms with Crippen LogP contribution in [0, 0.1) is 0 Å². The summed E-state index contributed by atoms with van der Waals surface area (Å²) in [6, 6.07) is 10.7. The number of ether oxygens (including phenoxy) is 1. The molecule has 0 unspecified atom stereocenters. The molecule has 2 rings (SSSR count). The Labute approximate surface area is 170 Å². The van der Waals surface area contributed by atoms with E-state index in [1.165, 1.54) is 13.3 Å². The molecular formula is C22H25N3O4. The Hall–Kier alpha value is -3.61. The molecule has 0 saturated carbocycles. The van der Waals surface area contributed by atoms with Crippen LogP contribution in [0.5, 0.6) is 11.5 Å². The maximum atomic E-state index is 12.1. The summed E-state index contributed by atoms with van der Waals surface area (Å²) < 4.78 is 5.14. The van der Waals surface area contributed by atoms with E-state index in [-0.39, 0.29) is 12.2 Å². The van der Waals surface area contributed by atoms with Gasteiger partial charge >= 0.3 is 0 Å². The maximum Gasteiger partial charge on any atom is 0.249 e. The van der Waals surface area contributed by atoms with E-state index in [1.54, 1.807) is 24.3 Å².